The molecule has 0 unspecified atom stereocenters. The number of thioether (sulfide) groups is 1. The number of hydrogen-bond donors (Lipinski definition) is 1. The smallest absolute Gasteiger partial charge is 0.446 e. The molecule has 0 fully saturated rings. The Hall–Kier alpha value is -2.24. The average Bonchev–Trinajstić information content (AvgIpc) is 2.62. The molecule has 6 nitrogen and oxygen atoms in total. The zero-order chi connectivity index (χ0) is 21.8. The van der Waals surface area contributed by atoms with Crippen LogP contribution in [-0.4, -0.2) is 44.8 Å². The highest BCUT2D eigenvalue weighted by Crippen LogP contribution is 2.38. The van der Waals surface area contributed by atoms with Crippen LogP contribution in [0.2, 0.25) is 0 Å². The predicted octanol–water partition coefficient (Wildman–Crippen LogP) is 4.20. The molecule has 0 bridgehead atoms. The summed E-state index contributed by atoms with van der Waals surface area (Å²) in [6, 6.07) is 9.28. The van der Waals surface area contributed by atoms with Gasteiger partial charge in [0.25, 0.3) is 5.91 Å². The molecule has 2 aromatic carbocycles. The van der Waals surface area contributed by atoms with E-state index in [2.05, 4.69) is 5.32 Å². The summed E-state index contributed by atoms with van der Waals surface area (Å²) >= 11 is -0.397. The Labute approximate surface area is 171 Å². The van der Waals surface area contributed by atoms with Crippen LogP contribution in [0.1, 0.15) is 17.3 Å². The zero-order valence-corrected chi connectivity index (χ0v) is 17.4. The number of carbonyl (C=O) groups is 1. The lowest BCUT2D eigenvalue weighted by Crippen LogP contribution is -2.23. The summed E-state index contributed by atoms with van der Waals surface area (Å²) in [4.78, 5) is 12.1. The minimum absolute atomic E-state index is 0.102. The summed E-state index contributed by atoms with van der Waals surface area (Å²) < 4.78 is 69.6. The summed E-state index contributed by atoms with van der Waals surface area (Å²) in [5.74, 6) is -0.693. The second kappa shape index (κ2) is 9.06. The molecule has 11 heteroatoms. The van der Waals surface area contributed by atoms with Gasteiger partial charge in [0.2, 0.25) is 10.0 Å². The second-order valence-electron chi connectivity index (χ2n) is 5.88. The monoisotopic (exact) mass is 448 g/mol. The van der Waals surface area contributed by atoms with Crippen LogP contribution in [0.4, 0.5) is 18.9 Å². The summed E-state index contributed by atoms with van der Waals surface area (Å²) in [6.45, 7) is 1.92. The molecule has 1 amide bonds. The Morgan fingerprint density at radius 3 is 2.41 bits per heavy atom. The summed E-state index contributed by atoms with van der Waals surface area (Å²) in [7, 11) is -1.18. The molecule has 0 heterocycles. The van der Waals surface area contributed by atoms with Gasteiger partial charge < -0.3 is 10.1 Å². The molecule has 0 saturated heterocycles. The Kier molecular flexibility index (Phi) is 7.20. The first-order chi connectivity index (χ1) is 13.5. The molecule has 2 rings (SSSR count). The van der Waals surface area contributed by atoms with Crippen molar-refractivity contribution in [3.8, 4) is 5.75 Å². The highest BCUT2D eigenvalue weighted by Gasteiger charge is 2.31. The number of halogens is 3. The molecule has 0 aliphatic carbocycles. The molecular weight excluding hydrogens is 429 g/mol. The number of rotatable bonds is 7. The molecule has 0 spiro atoms. The second-order valence-corrected chi connectivity index (χ2v) is 9.11. The van der Waals surface area contributed by atoms with Crippen molar-refractivity contribution in [3.63, 3.8) is 0 Å². The number of anilines is 1. The predicted molar refractivity (Wildman–Crippen MR) is 105 cm³/mol. The van der Waals surface area contributed by atoms with Crippen LogP contribution in [-0.2, 0) is 10.0 Å². The molecule has 0 aliphatic rings. The minimum Gasteiger partial charge on any atom is -0.492 e. The molecule has 1 N–H and O–H groups in total. The van der Waals surface area contributed by atoms with E-state index in [1.165, 1.54) is 56.6 Å². The van der Waals surface area contributed by atoms with E-state index in [0.29, 0.717) is 0 Å². The van der Waals surface area contributed by atoms with Gasteiger partial charge in [-0.1, -0.05) is 12.1 Å². The SMILES string of the molecule is CCOc1ccc(NC(=O)c2ccccc2SC(F)(F)F)cc1S(=O)(=O)N(C)C. The fourth-order valence-electron chi connectivity index (χ4n) is 2.33. The lowest BCUT2D eigenvalue weighted by atomic mass is 10.2. The third-order valence-electron chi connectivity index (χ3n) is 3.62. The lowest BCUT2D eigenvalue weighted by molar-refractivity contribution is -0.0328. The largest absolute Gasteiger partial charge is 0.492 e. The van der Waals surface area contributed by atoms with Crippen LogP contribution >= 0.6 is 11.8 Å². The Morgan fingerprint density at radius 2 is 1.83 bits per heavy atom. The fourth-order valence-corrected chi connectivity index (χ4v) is 4.04. The normalized spacial score (nSPS) is 12.1. The van der Waals surface area contributed by atoms with Gasteiger partial charge >= 0.3 is 5.51 Å². The van der Waals surface area contributed by atoms with Crippen molar-refractivity contribution in [2.75, 3.05) is 26.0 Å². The molecule has 158 valence electrons. The lowest BCUT2D eigenvalue weighted by Gasteiger charge is -2.17. The number of nitrogens with one attached hydrogen (secondary N) is 1. The van der Waals surface area contributed by atoms with Crippen LogP contribution in [0, 0.1) is 0 Å². The maximum Gasteiger partial charge on any atom is 0.446 e. The van der Waals surface area contributed by atoms with E-state index < -0.39 is 33.2 Å². The molecular formula is C18H19F3N2O4S2. The number of amides is 1. The van der Waals surface area contributed by atoms with Gasteiger partial charge in [0.1, 0.15) is 10.6 Å². The van der Waals surface area contributed by atoms with E-state index in [9.17, 15) is 26.4 Å². The Morgan fingerprint density at radius 1 is 1.17 bits per heavy atom. The van der Waals surface area contributed by atoms with Crippen molar-refractivity contribution in [2.45, 2.75) is 22.2 Å². The highest BCUT2D eigenvalue weighted by molar-refractivity contribution is 8.00. The number of carbonyl (C=O) groups excluding carboxylic acids is 1. The molecule has 0 saturated carbocycles. The topological polar surface area (TPSA) is 75.7 Å². The summed E-state index contributed by atoms with van der Waals surface area (Å²) in [6.07, 6.45) is 0. The van der Waals surface area contributed by atoms with Crippen molar-refractivity contribution < 1.29 is 31.1 Å². The van der Waals surface area contributed by atoms with Gasteiger partial charge in [0.05, 0.1) is 12.2 Å². The van der Waals surface area contributed by atoms with Crippen molar-refractivity contribution in [3.05, 3.63) is 48.0 Å². The molecule has 0 atom stereocenters. The van der Waals surface area contributed by atoms with Crippen LogP contribution in [0.15, 0.2) is 52.3 Å². The quantitative estimate of drug-likeness (QED) is 0.643. The van der Waals surface area contributed by atoms with E-state index in [1.807, 2.05) is 0 Å². The van der Waals surface area contributed by atoms with E-state index in [4.69, 9.17) is 4.74 Å². The highest BCUT2D eigenvalue weighted by atomic mass is 32.2. The maximum absolute atomic E-state index is 12.7. The third kappa shape index (κ3) is 5.87. The number of alkyl halides is 3. The van der Waals surface area contributed by atoms with Crippen molar-refractivity contribution in [1.82, 2.24) is 4.31 Å². The minimum atomic E-state index is -4.55. The fraction of sp³-hybridized carbons (Fsp3) is 0.278. The Balaban J connectivity index is 2.40. The van der Waals surface area contributed by atoms with Gasteiger partial charge in [-0.25, -0.2) is 12.7 Å². The average molecular weight is 448 g/mol. The maximum atomic E-state index is 12.7. The van der Waals surface area contributed by atoms with Gasteiger partial charge in [0, 0.05) is 24.7 Å². The number of nitrogens with zero attached hydrogens (tertiary/aromatic N) is 1. The third-order valence-corrected chi connectivity index (χ3v) is 6.26. The van der Waals surface area contributed by atoms with Crippen molar-refractivity contribution in [1.29, 1.82) is 0 Å². The van der Waals surface area contributed by atoms with Crippen molar-refractivity contribution in [2.24, 2.45) is 0 Å². The van der Waals surface area contributed by atoms with Crippen molar-refractivity contribution >= 4 is 33.4 Å². The number of sulfonamides is 1. The molecule has 0 radical (unpaired) electrons. The van der Waals surface area contributed by atoms with E-state index >= 15 is 0 Å². The van der Waals surface area contributed by atoms with Gasteiger partial charge in [0.15, 0.2) is 0 Å². The zero-order valence-electron chi connectivity index (χ0n) is 15.8. The summed E-state index contributed by atoms with van der Waals surface area (Å²) in [5.41, 5.74) is -4.63. The van der Waals surface area contributed by atoms with Crippen LogP contribution in [0.3, 0.4) is 0 Å². The number of hydrogen-bond acceptors (Lipinski definition) is 5. The molecule has 29 heavy (non-hydrogen) atoms. The van der Waals surface area contributed by atoms with Crippen LogP contribution in [0.5, 0.6) is 5.75 Å². The van der Waals surface area contributed by atoms with E-state index in [1.54, 1.807) is 6.92 Å². The number of ether oxygens (including phenoxy) is 1. The van der Waals surface area contributed by atoms with Crippen LogP contribution < -0.4 is 10.1 Å². The van der Waals surface area contributed by atoms with E-state index in [-0.39, 0.29) is 33.4 Å². The molecule has 2 aromatic rings. The molecule has 0 aliphatic heterocycles. The van der Waals surface area contributed by atoms with Crippen LogP contribution in [0.25, 0.3) is 0 Å². The number of benzene rings is 2. The van der Waals surface area contributed by atoms with E-state index in [0.717, 1.165) is 4.31 Å². The standard InChI is InChI=1S/C18H19F3N2O4S2/c1-4-27-14-10-9-12(11-16(14)29(25,26)23(2)3)22-17(24)13-7-5-6-8-15(13)28-18(19,20)21/h5-11H,4H2,1-3H3,(H,22,24). The first-order valence-electron chi connectivity index (χ1n) is 8.31. The van der Waals surface area contributed by atoms with Gasteiger partial charge in [-0.3, -0.25) is 4.79 Å². The summed E-state index contributed by atoms with van der Waals surface area (Å²) in [5, 5.41) is 2.45. The first-order valence-corrected chi connectivity index (χ1v) is 10.6. The van der Waals surface area contributed by atoms with Gasteiger partial charge in [-0.15, -0.1) is 0 Å². The Bertz CT molecular complexity index is 993. The molecule has 0 aromatic heterocycles. The van der Waals surface area contributed by atoms with Gasteiger partial charge in [-0.05, 0) is 49.0 Å². The van der Waals surface area contributed by atoms with Gasteiger partial charge in [-0.2, -0.15) is 13.2 Å². The first kappa shape index (κ1) is 23.0.